The fourth-order valence-corrected chi connectivity index (χ4v) is 3.02. The lowest BCUT2D eigenvalue weighted by Gasteiger charge is -2.32. The van der Waals surface area contributed by atoms with Crippen molar-refractivity contribution in [1.29, 1.82) is 0 Å². The van der Waals surface area contributed by atoms with Crippen molar-refractivity contribution in [2.24, 2.45) is 11.3 Å². The summed E-state index contributed by atoms with van der Waals surface area (Å²) in [4.78, 5) is 0. The van der Waals surface area contributed by atoms with E-state index in [4.69, 9.17) is 4.74 Å². The summed E-state index contributed by atoms with van der Waals surface area (Å²) in [5, 5.41) is 3.64. The fourth-order valence-electron chi connectivity index (χ4n) is 3.02. The Labute approximate surface area is 107 Å². The number of nitrogens with one attached hydrogen (secondary N) is 1. The highest BCUT2D eigenvalue weighted by atomic mass is 16.5. The molecule has 0 amide bonds. The molecule has 1 heterocycles. The van der Waals surface area contributed by atoms with Crippen molar-refractivity contribution in [3.05, 3.63) is 0 Å². The zero-order valence-corrected chi connectivity index (χ0v) is 11.8. The number of rotatable bonds is 7. The van der Waals surface area contributed by atoms with Gasteiger partial charge in [-0.1, -0.05) is 20.8 Å². The monoisotopic (exact) mass is 239 g/mol. The van der Waals surface area contributed by atoms with E-state index < -0.39 is 0 Å². The summed E-state index contributed by atoms with van der Waals surface area (Å²) >= 11 is 0. The van der Waals surface area contributed by atoms with Gasteiger partial charge in [0.1, 0.15) is 0 Å². The summed E-state index contributed by atoms with van der Waals surface area (Å²) in [5.41, 5.74) is 0.510. The third-order valence-corrected chi connectivity index (χ3v) is 4.54. The van der Waals surface area contributed by atoms with Crippen LogP contribution < -0.4 is 5.32 Å². The van der Waals surface area contributed by atoms with Crippen molar-refractivity contribution < 1.29 is 4.74 Å². The molecule has 0 aromatic rings. The Morgan fingerprint density at radius 1 is 1.29 bits per heavy atom. The summed E-state index contributed by atoms with van der Waals surface area (Å²) in [6, 6.07) is 0.607. The molecule has 1 aliphatic carbocycles. The average molecular weight is 239 g/mol. The highest BCUT2D eigenvalue weighted by Gasteiger charge is 2.41. The van der Waals surface area contributed by atoms with Crippen LogP contribution in [-0.2, 0) is 4.74 Å². The predicted molar refractivity (Wildman–Crippen MR) is 72.2 cm³/mol. The van der Waals surface area contributed by atoms with Gasteiger partial charge in [0.2, 0.25) is 0 Å². The third-order valence-electron chi connectivity index (χ3n) is 4.54. The van der Waals surface area contributed by atoms with E-state index in [1.165, 1.54) is 45.1 Å². The number of hydrogen-bond donors (Lipinski definition) is 1. The molecule has 2 aliphatic rings. The van der Waals surface area contributed by atoms with Crippen LogP contribution >= 0.6 is 0 Å². The standard InChI is InChI=1S/C15H29NO/c1-12(2)16-11-15(3,13-6-7-13)9-8-14-5-4-10-17-14/h12-14,16H,4-11H2,1-3H3. The molecule has 2 unspecified atom stereocenters. The molecule has 1 N–H and O–H groups in total. The van der Waals surface area contributed by atoms with Gasteiger partial charge in [0.05, 0.1) is 6.10 Å². The van der Waals surface area contributed by atoms with Gasteiger partial charge in [-0.25, -0.2) is 0 Å². The largest absolute Gasteiger partial charge is 0.378 e. The van der Waals surface area contributed by atoms with E-state index in [2.05, 4.69) is 26.1 Å². The highest BCUT2D eigenvalue weighted by molar-refractivity contribution is 4.93. The first-order valence-corrected chi connectivity index (χ1v) is 7.45. The van der Waals surface area contributed by atoms with Crippen LogP contribution in [0.25, 0.3) is 0 Å². The molecule has 2 heteroatoms. The van der Waals surface area contributed by atoms with Gasteiger partial charge in [0.25, 0.3) is 0 Å². The second kappa shape index (κ2) is 5.71. The minimum Gasteiger partial charge on any atom is -0.378 e. The minimum absolute atomic E-state index is 0.510. The highest BCUT2D eigenvalue weighted by Crippen LogP contribution is 2.48. The average Bonchev–Trinajstić information content (AvgIpc) is 3.02. The van der Waals surface area contributed by atoms with Crippen molar-refractivity contribution in [3.63, 3.8) is 0 Å². The van der Waals surface area contributed by atoms with E-state index in [0.717, 1.165) is 12.5 Å². The predicted octanol–water partition coefficient (Wildman–Crippen LogP) is 3.36. The summed E-state index contributed by atoms with van der Waals surface area (Å²) in [7, 11) is 0. The molecule has 0 radical (unpaired) electrons. The number of hydrogen-bond acceptors (Lipinski definition) is 2. The van der Waals surface area contributed by atoms with Crippen LogP contribution in [0.5, 0.6) is 0 Å². The first-order chi connectivity index (χ1) is 8.10. The van der Waals surface area contributed by atoms with Gasteiger partial charge < -0.3 is 10.1 Å². The van der Waals surface area contributed by atoms with Crippen LogP contribution in [0.4, 0.5) is 0 Å². The SMILES string of the molecule is CC(C)NCC(C)(CCC1CCCO1)C1CC1. The first kappa shape index (κ1) is 13.4. The lowest BCUT2D eigenvalue weighted by Crippen LogP contribution is -2.37. The molecular weight excluding hydrogens is 210 g/mol. The Morgan fingerprint density at radius 2 is 2.06 bits per heavy atom. The van der Waals surface area contributed by atoms with Crippen LogP contribution in [0.3, 0.4) is 0 Å². The van der Waals surface area contributed by atoms with Crippen LogP contribution in [0.1, 0.15) is 59.3 Å². The van der Waals surface area contributed by atoms with Gasteiger partial charge in [-0.05, 0) is 49.9 Å². The maximum Gasteiger partial charge on any atom is 0.0576 e. The molecule has 100 valence electrons. The van der Waals surface area contributed by atoms with E-state index in [0.29, 0.717) is 17.6 Å². The van der Waals surface area contributed by atoms with Crippen LogP contribution in [-0.4, -0.2) is 25.3 Å². The molecule has 0 aromatic heterocycles. The summed E-state index contributed by atoms with van der Waals surface area (Å²) in [6.07, 6.45) is 8.62. The molecule has 2 atom stereocenters. The van der Waals surface area contributed by atoms with Crippen LogP contribution in [0.15, 0.2) is 0 Å². The second-order valence-corrected chi connectivity index (χ2v) is 6.64. The molecule has 0 spiro atoms. The van der Waals surface area contributed by atoms with Gasteiger partial charge in [-0.15, -0.1) is 0 Å². The quantitative estimate of drug-likeness (QED) is 0.735. The molecule has 1 aliphatic heterocycles. The van der Waals surface area contributed by atoms with Crippen LogP contribution in [0, 0.1) is 11.3 Å². The second-order valence-electron chi connectivity index (χ2n) is 6.64. The molecular formula is C15H29NO. The third kappa shape index (κ3) is 3.96. The van der Waals surface area contributed by atoms with Crippen molar-refractivity contribution in [3.8, 4) is 0 Å². The zero-order chi connectivity index (χ0) is 12.3. The Bertz CT molecular complexity index is 231. The van der Waals surface area contributed by atoms with E-state index in [-0.39, 0.29) is 0 Å². The molecule has 1 saturated carbocycles. The zero-order valence-electron chi connectivity index (χ0n) is 11.8. The van der Waals surface area contributed by atoms with E-state index >= 15 is 0 Å². The maximum absolute atomic E-state index is 5.75. The van der Waals surface area contributed by atoms with Gasteiger partial charge in [-0.3, -0.25) is 0 Å². The van der Waals surface area contributed by atoms with Gasteiger partial charge in [0, 0.05) is 19.2 Å². The maximum atomic E-state index is 5.75. The summed E-state index contributed by atoms with van der Waals surface area (Å²) in [5.74, 6) is 0.968. The van der Waals surface area contributed by atoms with Crippen molar-refractivity contribution in [2.75, 3.05) is 13.2 Å². The molecule has 1 saturated heterocycles. The first-order valence-electron chi connectivity index (χ1n) is 7.45. The molecule has 2 rings (SSSR count). The number of ether oxygens (including phenoxy) is 1. The van der Waals surface area contributed by atoms with E-state index in [9.17, 15) is 0 Å². The van der Waals surface area contributed by atoms with Crippen LogP contribution in [0.2, 0.25) is 0 Å². The topological polar surface area (TPSA) is 21.3 Å². The minimum atomic E-state index is 0.510. The molecule has 17 heavy (non-hydrogen) atoms. The molecule has 2 fully saturated rings. The summed E-state index contributed by atoms with van der Waals surface area (Å²) in [6.45, 7) is 9.15. The van der Waals surface area contributed by atoms with Crippen molar-refractivity contribution in [1.82, 2.24) is 5.32 Å². The summed E-state index contributed by atoms with van der Waals surface area (Å²) < 4.78 is 5.75. The van der Waals surface area contributed by atoms with Crippen molar-refractivity contribution >= 4 is 0 Å². The lowest BCUT2D eigenvalue weighted by molar-refractivity contribution is 0.0850. The molecule has 0 aromatic carbocycles. The van der Waals surface area contributed by atoms with Gasteiger partial charge in [0.15, 0.2) is 0 Å². The lowest BCUT2D eigenvalue weighted by atomic mass is 9.79. The Morgan fingerprint density at radius 3 is 2.59 bits per heavy atom. The molecule has 0 bridgehead atoms. The van der Waals surface area contributed by atoms with Crippen molar-refractivity contribution in [2.45, 2.75) is 71.4 Å². The van der Waals surface area contributed by atoms with E-state index in [1.54, 1.807) is 0 Å². The normalized spacial score (nSPS) is 28.6. The van der Waals surface area contributed by atoms with Gasteiger partial charge >= 0.3 is 0 Å². The van der Waals surface area contributed by atoms with E-state index in [1.807, 2.05) is 0 Å². The molecule has 2 nitrogen and oxygen atoms in total. The smallest absolute Gasteiger partial charge is 0.0576 e. The Balaban J connectivity index is 1.78. The Hall–Kier alpha value is -0.0800. The fraction of sp³-hybridized carbons (Fsp3) is 1.00. The van der Waals surface area contributed by atoms with Gasteiger partial charge in [-0.2, -0.15) is 0 Å². The Kier molecular flexibility index (Phi) is 4.48.